The van der Waals surface area contributed by atoms with E-state index in [0.717, 1.165) is 72.3 Å². The SMILES string of the molecule is CCCCCCC1(CCCCCC)c2cc(/C=C/c3ccc(N(c4ccc(/C=C/c5ccc6c(c5)C(CCCCCC)(CCCCCC)c5cc(N(c7ccccc7)c7ccccc7)ccc5-6)cc4)c4ccc(/C=C/c5ccc6c(c5)C(CCCCCC)(CCCCCC)c5cc(N(c7ccccc7)c7ccccc7)ccc5-6)cc4)cc3)ccc2-c2ccc(N(c3ccccc3)c3ccccc3)cc21. The molecule has 139 heavy (non-hydrogen) atoms. The topological polar surface area (TPSA) is 13.0 Å². The minimum absolute atomic E-state index is 0.114. The van der Waals surface area contributed by atoms with E-state index >= 15 is 0 Å². The number of nitrogens with zero attached hydrogens (tertiary/aromatic N) is 4. The molecule has 0 aromatic heterocycles. The van der Waals surface area contributed by atoms with E-state index < -0.39 is 0 Å². The first-order valence-corrected chi connectivity index (χ1v) is 53.4. The average molecular weight is 1820 g/mol. The lowest BCUT2D eigenvalue weighted by molar-refractivity contribution is 0.401. The van der Waals surface area contributed by atoms with E-state index in [9.17, 15) is 0 Å². The molecule has 3 aliphatic carbocycles. The van der Waals surface area contributed by atoms with Gasteiger partial charge in [0.15, 0.2) is 0 Å². The zero-order valence-corrected chi connectivity index (χ0v) is 83.6. The monoisotopic (exact) mass is 1820 g/mol. The first-order valence-electron chi connectivity index (χ1n) is 53.4. The van der Waals surface area contributed by atoms with Crippen LogP contribution >= 0.6 is 0 Å². The Balaban J connectivity index is 0.680. The molecule has 704 valence electrons. The van der Waals surface area contributed by atoms with Gasteiger partial charge in [0.1, 0.15) is 0 Å². The van der Waals surface area contributed by atoms with E-state index in [0.29, 0.717) is 0 Å². The molecule has 0 saturated heterocycles. The van der Waals surface area contributed by atoms with E-state index in [-0.39, 0.29) is 16.2 Å². The maximum Gasteiger partial charge on any atom is 0.0465 e. The summed E-state index contributed by atoms with van der Waals surface area (Å²) in [7, 11) is 0. The highest BCUT2D eigenvalue weighted by Crippen LogP contribution is 2.61. The summed E-state index contributed by atoms with van der Waals surface area (Å²) in [5.41, 5.74) is 38.2. The van der Waals surface area contributed by atoms with Crippen molar-refractivity contribution in [3.63, 3.8) is 0 Å². The first-order chi connectivity index (χ1) is 68.6. The summed E-state index contributed by atoms with van der Waals surface area (Å²) in [4.78, 5) is 9.82. The summed E-state index contributed by atoms with van der Waals surface area (Å²) in [6.07, 6.45) is 50.5. The summed E-state index contributed by atoms with van der Waals surface area (Å²) < 4.78 is 0. The van der Waals surface area contributed by atoms with E-state index in [1.54, 1.807) is 0 Å². The number of fused-ring (bicyclic) bond motifs is 9. The first kappa shape index (κ1) is 96.0. The molecule has 15 aromatic carbocycles. The Labute approximate surface area is 833 Å². The summed E-state index contributed by atoms with van der Waals surface area (Å²) in [6, 6.07) is 138. The van der Waals surface area contributed by atoms with Gasteiger partial charge >= 0.3 is 0 Å². The van der Waals surface area contributed by atoms with Gasteiger partial charge in [0.2, 0.25) is 0 Å². The summed E-state index contributed by atoms with van der Waals surface area (Å²) in [6.45, 7) is 14.1. The zero-order chi connectivity index (χ0) is 95.0. The summed E-state index contributed by atoms with van der Waals surface area (Å²) >= 11 is 0. The molecule has 0 fully saturated rings. The second-order valence-electron chi connectivity index (χ2n) is 39.8. The lowest BCUT2D eigenvalue weighted by atomic mass is 9.70. The van der Waals surface area contributed by atoms with Crippen LogP contribution in [0.1, 0.15) is 301 Å². The fourth-order valence-corrected chi connectivity index (χ4v) is 23.4. The smallest absolute Gasteiger partial charge is 0.0465 e. The van der Waals surface area contributed by atoms with Gasteiger partial charge < -0.3 is 19.6 Å². The average Bonchev–Trinajstić information content (AvgIpc) is 1.57. The molecule has 0 heterocycles. The summed E-state index contributed by atoms with van der Waals surface area (Å²) in [5.74, 6) is 0. The van der Waals surface area contributed by atoms with Crippen molar-refractivity contribution in [2.75, 3.05) is 19.6 Å². The number of para-hydroxylation sites is 6. The maximum atomic E-state index is 2.59. The molecule has 0 unspecified atom stereocenters. The Morgan fingerprint density at radius 1 is 0.151 bits per heavy atom. The second kappa shape index (κ2) is 46.5. The van der Waals surface area contributed by atoms with Crippen molar-refractivity contribution in [3.8, 4) is 33.4 Å². The predicted octanol–water partition coefficient (Wildman–Crippen LogP) is 40.7. The molecule has 0 radical (unpaired) electrons. The standard InChI is InChI=1S/C135H144N4/c1-7-13-19-43-91-133(92-44-20-14-8-2)127-97-106(73-85-121(127)124-88-82-118(100-130(124)133)137(109-49-31-25-32-50-109)110-51-33-26-34-52-110)64-61-103-67-76-115(77-68-103)136(116-78-69-104(70-79-116)62-65-107-74-86-122-125-89-83-119(138(111-53-35-27-36-54-111)112-55-37-28-38-56-112)101-131(125)134(128(122)98-107,93-45-21-15-9-3)94-46-22-16-10-4)117-80-71-105(72-81-117)63-66-108-75-87-123-126-90-84-120(139(113-57-39-29-40-58-113)114-59-41-30-42-60-114)102-132(126)135(129(123)99-108,95-47-23-17-11-5)96-48-24-18-12-6/h25-42,49-90,97-102H,7-24,43-48,91-96H2,1-6H3/b64-61+,65-62+,66-63+. The number of unbranched alkanes of at least 4 members (excludes halogenated alkanes) is 18. The van der Waals surface area contributed by atoms with Crippen LogP contribution in [0.15, 0.2) is 364 Å². The Morgan fingerprint density at radius 2 is 0.309 bits per heavy atom. The van der Waals surface area contributed by atoms with Gasteiger partial charge in [0.05, 0.1) is 0 Å². The van der Waals surface area contributed by atoms with Crippen molar-refractivity contribution < 1.29 is 0 Å². The molecule has 0 N–H and O–H groups in total. The van der Waals surface area contributed by atoms with E-state index in [1.807, 2.05) is 0 Å². The minimum atomic E-state index is -0.114. The fourth-order valence-electron chi connectivity index (χ4n) is 23.4. The third-order valence-corrected chi connectivity index (χ3v) is 30.6. The van der Waals surface area contributed by atoms with Crippen molar-refractivity contribution in [1.29, 1.82) is 0 Å². The van der Waals surface area contributed by atoms with E-state index in [2.05, 4.69) is 462 Å². The Morgan fingerprint density at radius 3 is 0.511 bits per heavy atom. The van der Waals surface area contributed by atoms with Crippen LogP contribution in [0.5, 0.6) is 0 Å². The van der Waals surface area contributed by atoms with Crippen LogP contribution in [0.4, 0.5) is 68.2 Å². The van der Waals surface area contributed by atoms with Crippen LogP contribution in [-0.2, 0) is 16.2 Å². The minimum Gasteiger partial charge on any atom is -0.311 e. The largest absolute Gasteiger partial charge is 0.311 e. The molecular weight excluding hydrogens is 1680 g/mol. The molecule has 0 atom stereocenters. The highest BCUT2D eigenvalue weighted by atomic mass is 15.2. The van der Waals surface area contributed by atoms with E-state index in [1.165, 1.54) is 289 Å². The lowest BCUT2D eigenvalue weighted by Crippen LogP contribution is -2.26. The second-order valence-corrected chi connectivity index (χ2v) is 39.8. The summed E-state index contributed by atoms with van der Waals surface area (Å²) in [5, 5.41) is 0. The molecule has 0 bridgehead atoms. The van der Waals surface area contributed by atoms with Gasteiger partial charge in [0.25, 0.3) is 0 Å². The van der Waals surface area contributed by atoms with Gasteiger partial charge in [-0.05, 0) is 284 Å². The lowest BCUT2D eigenvalue weighted by Gasteiger charge is -2.34. The van der Waals surface area contributed by atoms with E-state index in [4.69, 9.17) is 0 Å². The molecular formula is C135H144N4. The van der Waals surface area contributed by atoms with Gasteiger partial charge in [-0.3, -0.25) is 0 Å². The number of rotatable bonds is 48. The Bertz CT molecular complexity index is 5780. The third-order valence-electron chi connectivity index (χ3n) is 30.6. The van der Waals surface area contributed by atoms with Crippen LogP contribution in [0.2, 0.25) is 0 Å². The zero-order valence-electron chi connectivity index (χ0n) is 83.6. The maximum absolute atomic E-state index is 2.59. The number of benzene rings is 15. The number of hydrogen-bond acceptors (Lipinski definition) is 4. The number of anilines is 12. The predicted molar refractivity (Wildman–Crippen MR) is 602 cm³/mol. The van der Waals surface area contributed by atoms with Gasteiger partial charge in [0, 0.05) is 84.5 Å². The Kier molecular flexibility index (Phi) is 32.1. The van der Waals surface area contributed by atoms with Crippen molar-refractivity contribution in [3.05, 3.63) is 431 Å². The fraction of sp³-hybridized carbons (Fsp3) is 0.289. The molecule has 3 aliphatic rings. The van der Waals surface area contributed by atoms with Crippen LogP contribution in [0, 0.1) is 0 Å². The quantitative estimate of drug-likeness (QED) is 0.0278. The van der Waals surface area contributed by atoms with Crippen LogP contribution in [-0.4, -0.2) is 0 Å². The van der Waals surface area contributed by atoms with Gasteiger partial charge in [-0.25, -0.2) is 0 Å². The molecule has 15 aromatic rings. The van der Waals surface area contributed by atoms with Crippen LogP contribution < -0.4 is 19.6 Å². The molecule has 0 amide bonds. The van der Waals surface area contributed by atoms with Crippen LogP contribution in [0.3, 0.4) is 0 Å². The van der Waals surface area contributed by atoms with Crippen molar-refractivity contribution in [2.24, 2.45) is 0 Å². The highest BCUT2D eigenvalue weighted by Gasteiger charge is 2.47. The van der Waals surface area contributed by atoms with Gasteiger partial charge in [-0.1, -0.05) is 450 Å². The molecule has 18 rings (SSSR count). The molecule has 0 aliphatic heterocycles. The van der Waals surface area contributed by atoms with Crippen molar-refractivity contribution in [1.82, 2.24) is 0 Å². The van der Waals surface area contributed by atoms with Gasteiger partial charge in [-0.2, -0.15) is 0 Å². The van der Waals surface area contributed by atoms with Gasteiger partial charge in [-0.15, -0.1) is 0 Å². The molecule has 4 nitrogen and oxygen atoms in total. The van der Waals surface area contributed by atoms with Crippen molar-refractivity contribution >= 4 is 105 Å². The van der Waals surface area contributed by atoms with Crippen molar-refractivity contribution in [2.45, 2.75) is 250 Å². The molecule has 0 saturated carbocycles. The number of hydrogen-bond donors (Lipinski definition) is 0. The normalized spacial score (nSPS) is 13.3. The highest BCUT2D eigenvalue weighted by molar-refractivity contribution is 5.92. The molecule has 0 spiro atoms. The third kappa shape index (κ3) is 21.5. The molecule has 4 heteroatoms. The Hall–Kier alpha value is -13.3. The van der Waals surface area contributed by atoms with Crippen LogP contribution in [0.25, 0.3) is 69.8 Å².